The summed E-state index contributed by atoms with van der Waals surface area (Å²) in [5.74, 6) is 15.1. The van der Waals surface area contributed by atoms with Gasteiger partial charge in [-0.15, -0.1) is 6.42 Å². The summed E-state index contributed by atoms with van der Waals surface area (Å²) < 4.78 is 5.94. The van der Waals surface area contributed by atoms with Crippen molar-refractivity contribution in [1.82, 2.24) is 54.7 Å². The van der Waals surface area contributed by atoms with E-state index in [0.29, 0.717) is 62.6 Å². The number of aliphatic hydroxyl groups excluding tert-OH is 1. The molecule has 1 N–H and O–H groups in total. The van der Waals surface area contributed by atoms with Crippen LogP contribution in [-0.4, -0.2) is 99.4 Å². The Morgan fingerprint density at radius 1 is 0.455 bits per heavy atom. The zero-order valence-electron chi connectivity index (χ0n) is 43.1. The van der Waals surface area contributed by atoms with Crippen LogP contribution in [0.25, 0.3) is 33.5 Å². The minimum atomic E-state index is 0. The molecule has 2 aliphatic rings. The van der Waals surface area contributed by atoms with Crippen LogP contribution in [0.2, 0.25) is 15.5 Å². The number of rotatable bonds is 4. The minimum Gasteiger partial charge on any atom is -0.459 e. The predicted octanol–water partition coefficient (Wildman–Crippen LogP) is 11.3. The smallest absolute Gasteiger partial charge is 0.251 e. The second kappa shape index (κ2) is 39.1. The van der Waals surface area contributed by atoms with Crippen molar-refractivity contribution in [2.75, 3.05) is 39.6 Å². The molecule has 0 amide bonds. The fraction of sp³-hybridized carbons (Fsp3) is 0.172. The number of aromatic nitrogens is 9. The number of benzene rings is 3. The molecule has 0 saturated carbocycles. The van der Waals surface area contributed by atoms with E-state index in [2.05, 4.69) is 79.4 Å². The van der Waals surface area contributed by atoms with E-state index in [-0.39, 0.29) is 137 Å². The van der Waals surface area contributed by atoms with Gasteiger partial charge in [-0.3, -0.25) is 9.80 Å². The van der Waals surface area contributed by atoms with E-state index in [1.807, 2.05) is 114 Å². The van der Waals surface area contributed by atoms with E-state index in [0.717, 1.165) is 42.9 Å². The maximum Gasteiger partial charge on any atom is 0.251 e. The third-order valence-corrected chi connectivity index (χ3v) is 11.2. The Hall–Kier alpha value is -4.33. The van der Waals surface area contributed by atoms with Gasteiger partial charge in [0.05, 0.1) is 6.73 Å². The molecular weight excluding hydrogens is 1260 g/mol. The standard InChI is InChI=1S/C20H18N4O.C15H8ClN3.C8H6.C7H3Cl2N3.C5H11NO.3CH3.3Y/c1-2-7-16(8-3-1)10-11-18-20(25-15-24-13-4-5-14-24)23-17-9-6-12-21-19(17)22-18;16-14-12(9-8-11-5-2-1-3-6-11)19-15-13(18-14)7-4-10-17-15;1-2-8-6-4-3-5-7-8;8-5-6(9)12-7-4(11-5)2-1-3-10-7;7-5-6-3-1-2-4-6;;;;;;/h1-3,6-9,12H,4-5,13-15H2;1-7,10H;1,3-7H;1-3H;7H,1-5H2;3*1H3;;;/q;;;;;3*-1;;;. The summed E-state index contributed by atoms with van der Waals surface area (Å²) in [5.41, 5.74) is 7.38. The van der Waals surface area contributed by atoms with Crippen molar-refractivity contribution in [3.05, 3.63) is 212 Å². The number of hydrogen-bond donors (Lipinski definition) is 1. The van der Waals surface area contributed by atoms with Crippen LogP contribution < -0.4 is 4.74 Å². The molecule has 387 valence electrons. The first-order valence-corrected chi connectivity index (χ1v) is 23.7. The monoisotopic (exact) mass is 1310 g/mol. The van der Waals surface area contributed by atoms with E-state index in [1.54, 1.807) is 36.8 Å². The molecule has 13 nitrogen and oxygen atoms in total. The summed E-state index contributed by atoms with van der Waals surface area (Å²) in [6, 6.07) is 39.9. The molecule has 9 aromatic rings. The summed E-state index contributed by atoms with van der Waals surface area (Å²) in [4.78, 5) is 42.3. The zero-order valence-corrected chi connectivity index (χ0v) is 53.9. The third-order valence-electron chi connectivity index (χ3n) is 10.3. The maximum atomic E-state index is 8.49. The van der Waals surface area contributed by atoms with E-state index in [4.69, 9.17) is 51.1 Å². The zero-order chi connectivity index (χ0) is 49.5. The van der Waals surface area contributed by atoms with Gasteiger partial charge in [0, 0.05) is 160 Å². The molecule has 8 heterocycles. The molecule has 3 radical (unpaired) electrons. The van der Waals surface area contributed by atoms with Gasteiger partial charge in [0.2, 0.25) is 0 Å². The Morgan fingerprint density at radius 3 is 1.29 bits per heavy atom. The van der Waals surface area contributed by atoms with Gasteiger partial charge >= 0.3 is 0 Å². The average Bonchev–Trinajstić information content (AvgIpc) is 4.17. The fourth-order valence-electron chi connectivity index (χ4n) is 6.69. The second-order valence-corrected chi connectivity index (χ2v) is 16.5. The van der Waals surface area contributed by atoms with Crippen LogP contribution in [0.3, 0.4) is 0 Å². The van der Waals surface area contributed by atoms with Crippen LogP contribution in [0.15, 0.2) is 146 Å². The van der Waals surface area contributed by atoms with Crippen molar-refractivity contribution < 1.29 is 108 Å². The van der Waals surface area contributed by atoms with Crippen LogP contribution in [0.5, 0.6) is 5.88 Å². The van der Waals surface area contributed by atoms with Gasteiger partial charge in [0.1, 0.15) is 23.3 Å². The summed E-state index contributed by atoms with van der Waals surface area (Å²) in [7, 11) is 0. The predicted molar refractivity (Wildman–Crippen MR) is 300 cm³/mol. The summed E-state index contributed by atoms with van der Waals surface area (Å²) >= 11 is 17.4. The van der Waals surface area contributed by atoms with Crippen molar-refractivity contribution in [3.8, 4) is 41.9 Å². The second-order valence-electron chi connectivity index (χ2n) is 15.4. The summed E-state index contributed by atoms with van der Waals surface area (Å²) in [6.45, 7) is 5.08. The Balaban J connectivity index is 0.000000507. The molecule has 2 saturated heterocycles. The summed E-state index contributed by atoms with van der Waals surface area (Å²) in [5, 5.41) is 9.18. The number of fused-ring (bicyclic) bond motifs is 3. The fourth-order valence-corrected chi connectivity index (χ4v) is 7.13. The molecule has 11 rings (SSSR count). The topological polar surface area (TPSA) is 152 Å². The van der Waals surface area contributed by atoms with Crippen LogP contribution >= 0.6 is 34.8 Å². The molecule has 0 aliphatic carbocycles. The van der Waals surface area contributed by atoms with Crippen molar-refractivity contribution in [2.45, 2.75) is 25.7 Å². The molecule has 0 atom stereocenters. The van der Waals surface area contributed by atoms with Crippen LogP contribution in [0, 0.1) is 58.3 Å². The molecule has 0 bridgehead atoms. The Labute approximate surface area is 543 Å². The number of terminal acetylenes is 1. The van der Waals surface area contributed by atoms with Crippen molar-refractivity contribution in [1.29, 1.82) is 0 Å². The van der Waals surface area contributed by atoms with Gasteiger partial charge in [-0.25, -0.2) is 44.9 Å². The Kier molecular flexibility index (Phi) is 35.9. The minimum absolute atomic E-state index is 0. The van der Waals surface area contributed by atoms with Gasteiger partial charge in [-0.05, 0) is 110 Å². The first kappa shape index (κ1) is 70.7. The van der Waals surface area contributed by atoms with E-state index < -0.39 is 0 Å². The van der Waals surface area contributed by atoms with Gasteiger partial charge in [0.25, 0.3) is 5.88 Å². The SMILES string of the molecule is C#Cc1ccccc1.C(#Cc1nc2ncccc2nc1OCN1CCCC1)c1ccccc1.Clc1nc2cccnc2nc1C#Cc1ccccc1.Clc1nc2cccnc2nc1Cl.OCN1CCCC1.[CH3-].[CH3-].[CH3-].[Y].[Y].[Y]. The number of aliphatic hydroxyl groups is 1. The molecular formula is C58H55Cl3N11O2Y3-3. The third kappa shape index (κ3) is 23.5. The largest absolute Gasteiger partial charge is 0.459 e. The van der Waals surface area contributed by atoms with Crippen LogP contribution in [0.1, 0.15) is 53.8 Å². The molecule has 2 aliphatic heterocycles. The van der Waals surface area contributed by atoms with Gasteiger partial charge in [0.15, 0.2) is 43.8 Å². The van der Waals surface area contributed by atoms with Gasteiger partial charge in [-0.1, -0.05) is 107 Å². The van der Waals surface area contributed by atoms with E-state index in [9.17, 15) is 0 Å². The molecule has 0 unspecified atom stereocenters. The molecule has 2 fully saturated rings. The quantitative estimate of drug-likeness (QED) is 0.132. The molecule has 3 aromatic carbocycles. The molecule has 6 aromatic heterocycles. The number of likely N-dealkylation sites (tertiary alicyclic amines) is 2. The number of ether oxygens (including phenoxy) is 1. The molecule has 0 spiro atoms. The maximum absolute atomic E-state index is 8.49. The first-order chi connectivity index (χ1) is 34.8. The van der Waals surface area contributed by atoms with E-state index in [1.165, 1.54) is 25.7 Å². The normalized spacial score (nSPS) is 11.7. The van der Waals surface area contributed by atoms with Crippen molar-refractivity contribution >= 4 is 68.3 Å². The molecule has 19 heteroatoms. The Bertz CT molecular complexity index is 3280. The van der Waals surface area contributed by atoms with Crippen molar-refractivity contribution in [3.63, 3.8) is 0 Å². The van der Waals surface area contributed by atoms with Crippen molar-refractivity contribution in [2.24, 2.45) is 0 Å². The first-order valence-electron chi connectivity index (χ1n) is 22.5. The number of hydrogen-bond acceptors (Lipinski definition) is 13. The van der Waals surface area contributed by atoms with Crippen LogP contribution in [-0.2, 0) is 98.1 Å². The summed E-state index contributed by atoms with van der Waals surface area (Å²) in [6.07, 6.45) is 15.1. The number of nitrogens with zero attached hydrogens (tertiary/aromatic N) is 11. The number of halogens is 3. The van der Waals surface area contributed by atoms with E-state index >= 15 is 0 Å². The van der Waals surface area contributed by atoms with Gasteiger partial charge < -0.3 is 32.1 Å². The Morgan fingerprint density at radius 2 is 0.844 bits per heavy atom. The average molecular weight is 1310 g/mol. The molecule has 77 heavy (non-hydrogen) atoms. The number of pyridine rings is 3. The van der Waals surface area contributed by atoms with Crippen LogP contribution in [0.4, 0.5) is 0 Å². The van der Waals surface area contributed by atoms with Gasteiger partial charge in [-0.2, -0.15) is 0 Å².